The molecular formula is C15H15N5O2S. The summed E-state index contributed by atoms with van der Waals surface area (Å²) in [4.78, 5) is 11.9. The first kappa shape index (κ1) is 15.3. The van der Waals surface area contributed by atoms with Crippen LogP contribution in [0.1, 0.15) is 11.3 Å². The van der Waals surface area contributed by atoms with Crippen LogP contribution in [0.3, 0.4) is 0 Å². The molecule has 0 saturated carbocycles. The van der Waals surface area contributed by atoms with E-state index < -0.39 is 0 Å². The van der Waals surface area contributed by atoms with Crippen LogP contribution < -0.4 is 5.32 Å². The summed E-state index contributed by atoms with van der Waals surface area (Å²) in [6.07, 6.45) is 1.58. The SMILES string of the molecule is O=C(CSc1nnnn1Cc1ccccc1)NCc1ccco1. The van der Waals surface area contributed by atoms with E-state index in [1.807, 2.05) is 36.4 Å². The monoisotopic (exact) mass is 329 g/mol. The summed E-state index contributed by atoms with van der Waals surface area (Å²) in [5.74, 6) is 0.869. The molecule has 0 aliphatic carbocycles. The third kappa shape index (κ3) is 4.43. The standard InChI is InChI=1S/C15H15N5O2S/c21-14(16-9-13-7-4-8-22-13)11-23-15-17-18-19-20(15)10-12-5-2-1-3-6-12/h1-8H,9-11H2,(H,16,21). The van der Waals surface area contributed by atoms with Crippen molar-refractivity contribution in [2.24, 2.45) is 0 Å². The molecule has 118 valence electrons. The summed E-state index contributed by atoms with van der Waals surface area (Å²) in [5.41, 5.74) is 1.10. The van der Waals surface area contributed by atoms with Gasteiger partial charge in [0.05, 0.1) is 25.1 Å². The quantitative estimate of drug-likeness (QED) is 0.664. The Kier molecular flexibility index (Phi) is 5.05. The van der Waals surface area contributed by atoms with Crippen LogP contribution in [0.5, 0.6) is 0 Å². The first-order valence-corrected chi connectivity index (χ1v) is 8.02. The smallest absolute Gasteiger partial charge is 0.230 e. The molecule has 0 unspecified atom stereocenters. The summed E-state index contributed by atoms with van der Waals surface area (Å²) >= 11 is 1.30. The van der Waals surface area contributed by atoms with Crippen molar-refractivity contribution in [1.82, 2.24) is 25.5 Å². The molecule has 0 aliphatic heterocycles. The van der Waals surface area contributed by atoms with Crippen LogP contribution in [-0.4, -0.2) is 31.9 Å². The second-order valence-electron chi connectivity index (χ2n) is 4.75. The number of rotatable bonds is 7. The van der Waals surface area contributed by atoms with Crippen molar-refractivity contribution in [1.29, 1.82) is 0 Å². The molecule has 0 atom stereocenters. The lowest BCUT2D eigenvalue weighted by Gasteiger charge is -2.05. The maximum absolute atomic E-state index is 11.9. The summed E-state index contributed by atoms with van der Waals surface area (Å²) < 4.78 is 6.84. The minimum atomic E-state index is -0.0966. The molecule has 0 fully saturated rings. The second-order valence-corrected chi connectivity index (χ2v) is 5.69. The third-order valence-corrected chi connectivity index (χ3v) is 4.00. The van der Waals surface area contributed by atoms with E-state index in [1.54, 1.807) is 17.0 Å². The van der Waals surface area contributed by atoms with Gasteiger partial charge in [0.15, 0.2) is 0 Å². The molecule has 8 heteroatoms. The summed E-state index contributed by atoms with van der Waals surface area (Å²) in [6, 6.07) is 13.5. The number of carbonyl (C=O) groups excluding carboxylic acids is 1. The van der Waals surface area contributed by atoms with E-state index in [-0.39, 0.29) is 11.7 Å². The van der Waals surface area contributed by atoms with E-state index in [2.05, 4.69) is 20.8 Å². The maximum atomic E-state index is 11.9. The van der Waals surface area contributed by atoms with Gasteiger partial charge in [-0.25, -0.2) is 4.68 Å². The van der Waals surface area contributed by atoms with Crippen molar-refractivity contribution in [2.45, 2.75) is 18.2 Å². The highest BCUT2D eigenvalue weighted by molar-refractivity contribution is 7.99. The summed E-state index contributed by atoms with van der Waals surface area (Å²) in [6.45, 7) is 0.950. The highest BCUT2D eigenvalue weighted by Crippen LogP contribution is 2.14. The molecule has 0 aliphatic rings. The van der Waals surface area contributed by atoms with Gasteiger partial charge in [0.1, 0.15) is 5.76 Å². The number of hydrogen-bond donors (Lipinski definition) is 1. The molecule has 0 radical (unpaired) electrons. The van der Waals surface area contributed by atoms with E-state index >= 15 is 0 Å². The van der Waals surface area contributed by atoms with Crippen LogP contribution in [-0.2, 0) is 17.9 Å². The molecule has 1 aromatic carbocycles. The van der Waals surface area contributed by atoms with Gasteiger partial charge in [0.25, 0.3) is 0 Å². The Balaban J connectivity index is 1.50. The fraction of sp³-hybridized carbons (Fsp3) is 0.200. The van der Waals surface area contributed by atoms with Crippen LogP contribution in [0.25, 0.3) is 0 Å². The lowest BCUT2D eigenvalue weighted by molar-refractivity contribution is -0.118. The number of hydrogen-bond acceptors (Lipinski definition) is 6. The maximum Gasteiger partial charge on any atom is 0.230 e. The van der Waals surface area contributed by atoms with Crippen LogP contribution in [0.4, 0.5) is 0 Å². The molecule has 0 saturated heterocycles. The Morgan fingerprint density at radius 3 is 2.87 bits per heavy atom. The molecule has 3 aromatic rings. The minimum Gasteiger partial charge on any atom is -0.467 e. The highest BCUT2D eigenvalue weighted by Gasteiger charge is 2.10. The molecule has 3 rings (SSSR count). The van der Waals surface area contributed by atoms with E-state index in [9.17, 15) is 4.79 Å². The van der Waals surface area contributed by atoms with Crippen LogP contribution in [0.2, 0.25) is 0 Å². The van der Waals surface area contributed by atoms with Crippen molar-refractivity contribution < 1.29 is 9.21 Å². The average molecular weight is 329 g/mol. The molecule has 1 N–H and O–H groups in total. The van der Waals surface area contributed by atoms with Crippen molar-refractivity contribution >= 4 is 17.7 Å². The Morgan fingerprint density at radius 2 is 2.09 bits per heavy atom. The van der Waals surface area contributed by atoms with Crippen LogP contribution in [0.15, 0.2) is 58.3 Å². The summed E-state index contributed by atoms with van der Waals surface area (Å²) in [7, 11) is 0. The Hall–Kier alpha value is -2.61. The predicted molar refractivity (Wildman–Crippen MR) is 84.6 cm³/mol. The molecule has 23 heavy (non-hydrogen) atoms. The number of carbonyl (C=O) groups is 1. The number of thioether (sulfide) groups is 1. The minimum absolute atomic E-state index is 0.0966. The van der Waals surface area contributed by atoms with Gasteiger partial charge in [-0.3, -0.25) is 4.79 Å². The molecule has 1 amide bonds. The zero-order valence-electron chi connectivity index (χ0n) is 12.3. The Labute approximate surface area is 137 Å². The first-order chi connectivity index (χ1) is 11.3. The fourth-order valence-corrected chi connectivity index (χ4v) is 2.64. The number of nitrogens with zero attached hydrogens (tertiary/aromatic N) is 4. The van der Waals surface area contributed by atoms with Gasteiger partial charge in [-0.05, 0) is 28.1 Å². The van der Waals surface area contributed by atoms with E-state index in [4.69, 9.17) is 4.42 Å². The average Bonchev–Trinajstić information content (AvgIpc) is 3.24. The number of aromatic nitrogens is 4. The topological polar surface area (TPSA) is 85.8 Å². The molecule has 7 nitrogen and oxygen atoms in total. The second kappa shape index (κ2) is 7.59. The highest BCUT2D eigenvalue weighted by atomic mass is 32.2. The van der Waals surface area contributed by atoms with E-state index in [0.717, 1.165) is 11.3 Å². The largest absolute Gasteiger partial charge is 0.467 e. The van der Waals surface area contributed by atoms with Crippen LogP contribution >= 0.6 is 11.8 Å². The zero-order valence-corrected chi connectivity index (χ0v) is 13.1. The van der Waals surface area contributed by atoms with Crippen molar-refractivity contribution in [2.75, 3.05) is 5.75 Å². The van der Waals surface area contributed by atoms with Gasteiger partial charge in [-0.15, -0.1) is 5.10 Å². The Bertz CT molecular complexity index is 742. The lowest BCUT2D eigenvalue weighted by atomic mass is 10.2. The van der Waals surface area contributed by atoms with Gasteiger partial charge in [-0.1, -0.05) is 42.1 Å². The zero-order chi connectivity index (χ0) is 15.9. The third-order valence-electron chi connectivity index (χ3n) is 3.05. The number of tetrazole rings is 1. The lowest BCUT2D eigenvalue weighted by Crippen LogP contribution is -2.24. The number of amides is 1. The van der Waals surface area contributed by atoms with E-state index in [1.165, 1.54) is 11.8 Å². The summed E-state index contributed by atoms with van der Waals surface area (Å²) in [5, 5.41) is 15.0. The number of benzene rings is 1. The van der Waals surface area contributed by atoms with Gasteiger partial charge in [-0.2, -0.15) is 0 Å². The van der Waals surface area contributed by atoms with Crippen LogP contribution in [0, 0.1) is 0 Å². The number of nitrogens with one attached hydrogen (secondary N) is 1. The van der Waals surface area contributed by atoms with Crippen molar-refractivity contribution in [3.8, 4) is 0 Å². The van der Waals surface area contributed by atoms with Gasteiger partial charge in [0.2, 0.25) is 11.1 Å². The molecular weight excluding hydrogens is 314 g/mol. The predicted octanol–water partition coefficient (Wildman–Crippen LogP) is 1.72. The first-order valence-electron chi connectivity index (χ1n) is 7.03. The molecule has 2 aromatic heterocycles. The van der Waals surface area contributed by atoms with E-state index in [0.29, 0.717) is 18.2 Å². The molecule has 0 spiro atoms. The molecule has 2 heterocycles. The normalized spacial score (nSPS) is 10.6. The van der Waals surface area contributed by atoms with Crippen molar-refractivity contribution in [3.05, 3.63) is 60.1 Å². The van der Waals surface area contributed by atoms with Crippen molar-refractivity contribution in [3.63, 3.8) is 0 Å². The fourth-order valence-electron chi connectivity index (χ4n) is 1.94. The Morgan fingerprint density at radius 1 is 1.22 bits per heavy atom. The molecule has 0 bridgehead atoms. The number of furan rings is 1. The van der Waals surface area contributed by atoms with Gasteiger partial charge < -0.3 is 9.73 Å². The van der Waals surface area contributed by atoms with Gasteiger partial charge in [0, 0.05) is 0 Å². The van der Waals surface area contributed by atoms with Gasteiger partial charge >= 0.3 is 0 Å².